The van der Waals surface area contributed by atoms with E-state index in [-0.39, 0.29) is 22.7 Å². The standard InChI is InChI=1S/C18H20FN3O5S/c1-21(12-17(23)20-15-6-4-5-14(19)11-15)18(24)13-7-9-16(10-8-13)28(25,26)22(2)27-3/h4-11H,12H2,1-3H3,(H,20,23). The SMILES string of the molecule is CON(C)S(=O)(=O)c1ccc(C(=O)N(C)CC(=O)Nc2cccc(F)c2)cc1. The predicted octanol–water partition coefficient (Wildman–Crippen LogP) is 1.72. The molecule has 0 saturated carbocycles. The number of carbonyl (C=O) groups is 2. The molecule has 10 heteroatoms. The normalized spacial score (nSPS) is 11.3. The van der Waals surface area contributed by atoms with Crippen LogP contribution in [0.4, 0.5) is 10.1 Å². The Labute approximate surface area is 162 Å². The topological polar surface area (TPSA) is 96.0 Å². The first kappa shape index (κ1) is 21.5. The van der Waals surface area contributed by atoms with Gasteiger partial charge >= 0.3 is 0 Å². The number of hydrogen-bond acceptors (Lipinski definition) is 5. The molecule has 0 unspecified atom stereocenters. The summed E-state index contributed by atoms with van der Waals surface area (Å²) in [7, 11) is 0.0809. The van der Waals surface area contributed by atoms with Gasteiger partial charge in [-0.3, -0.25) is 14.4 Å². The number of halogens is 1. The number of rotatable bonds is 7. The lowest BCUT2D eigenvalue weighted by atomic mass is 10.2. The number of nitrogens with one attached hydrogen (secondary N) is 1. The molecule has 0 heterocycles. The number of anilines is 1. The number of sulfonamides is 1. The molecule has 0 aromatic heterocycles. The molecule has 2 rings (SSSR count). The molecule has 2 amide bonds. The average molecular weight is 409 g/mol. The van der Waals surface area contributed by atoms with Gasteiger partial charge in [0.05, 0.1) is 18.6 Å². The molecule has 0 radical (unpaired) electrons. The van der Waals surface area contributed by atoms with Crippen LogP contribution in [0.1, 0.15) is 10.4 Å². The molecule has 0 bridgehead atoms. The summed E-state index contributed by atoms with van der Waals surface area (Å²) in [6, 6.07) is 10.6. The first-order chi connectivity index (χ1) is 13.1. The van der Waals surface area contributed by atoms with E-state index in [1.54, 1.807) is 0 Å². The number of carbonyl (C=O) groups excluding carboxylic acids is 2. The van der Waals surface area contributed by atoms with E-state index in [9.17, 15) is 22.4 Å². The van der Waals surface area contributed by atoms with Gasteiger partial charge < -0.3 is 10.2 Å². The van der Waals surface area contributed by atoms with Gasteiger partial charge in [-0.05, 0) is 42.5 Å². The minimum absolute atomic E-state index is 0.0418. The molecule has 8 nitrogen and oxygen atoms in total. The van der Waals surface area contributed by atoms with Crippen LogP contribution in [-0.2, 0) is 19.7 Å². The molecule has 0 spiro atoms. The predicted molar refractivity (Wildman–Crippen MR) is 100 cm³/mol. The maximum Gasteiger partial charge on any atom is 0.264 e. The van der Waals surface area contributed by atoms with Gasteiger partial charge in [0.1, 0.15) is 5.82 Å². The van der Waals surface area contributed by atoms with Crippen molar-refractivity contribution in [3.63, 3.8) is 0 Å². The molecular weight excluding hydrogens is 389 g/mol. The van der Waals surface area contributed by atoms with Crippen LogP contribution in [0.15, 0.2) is 53.4 Å². The van der Waals surface area contributed by atoms with E-state index in [1.807, 2.05) is 0 Å². The lowest BCUT2D eigenvalue weighted by molar-refractivity contribution is -0.116. The van der Waals surface area contributed by atoms with Gasteiger partial charge in [-0.1, -0.05) is 10.5 Å². The Morgan fingerprint density at radius 1 is 1.11 bits per heavy atom. The second-order valence-electron chi connectivity index (χ2n) is 5.84. The Balaban J connectivity index is 2.03. The fourth-order valence-electron chi connectivity index (χ4n) is 2.29. The monoisotopic (exact) mass is 409 g/mol. The van der Waals surface area contributed by atoms with Crippen molar-refractivity contribution in [2.24, 2.45) is 0 Å². The Bertz CT molecular complexity index is 963. The highest BCUT2D eigenvalue weighted by atomic mass is 32.2. The molecule has 0 aliphatic carbocycles. The summed E-state index contributed by atoms with van der Waals surface area (Å²) in [5.74, 6) is -1.46. The summed E-state index contributed by atoms with van der Waals surface area (Å²) >= 11 is 0. The van der Waals surface area contributed by atoms with Crippen molar-refractivity contribution in [3.05, 3.63) is 59.9 Å². The third-order valence-corrected chi connectivity index (χ3v) is 5.52. The Morgan fingerprint density at radius 3 is 2.32 bits per heavy atom. The summed E-state index contributed by atoms with van der Waals surface area (Å²) in [6.45, 7) is -0.262. The highest BCUT2D eigenvalue weighted by Gasteiger charge is 2.22. The summed E-state index contributed by atoms with van der Waals surface area (Å²) < 4.78 is 38.1. The molecule has 0 fully saturated rings. The maximum absolute atomic E-state index is 13.1. The van der Waals surface area contributed by atoms with Crippen molar-refractivity contribution >= 4 is 27.5 Å². The van der Waals surface area contributed by atoms with Crippen LogP contribution < -0.4 is 5.32 Å². The van der Waals surface area contributed by atoms with E-state index in [0.717, 1.165) is 6.07 Å². The molecule has 1 N–H and O–H groups in total. The Kier molecular flexibility index (Phi) is 6.84. The molecule has 0 aliphatic heterocycles. The number of hydrogen-bond donors (Lipinski definition) is 1. The smallest absolute Gasteiger partial charge is 0.264 e. The van der Waals surface area contributed by atoms with E-state index in [2.05, 4.69) is 10.2 Å². The molecule has 0 saturated heterocycles. The van der Waals surface area contributed by atoms with Crippen LogP contribution in [0.5, 0.6) is 0 Å². The van der Waals surface area contributed by atoms with Gasteiger partial charge in [-0.15, -0.1) is 0 Å². The maximum atomic E-state index is 13.1. The van der Waals surface area contributed by atoms with Crippen LogP contribution in [0, 0.1) is 5.82 Å². The summed E-state index contributed by atoms with van der Waals surface area (Å²) in [4.78, 5) is 30.3. The van der Waals surface area contributed by atoms with Gasteiger partial charge in [0, 0.05) is 25.3 Å². The largest absolute Gasteiger partial charge is 0.332 e. The quantitative estimate of drug-likeness (QED) is 0.703. The summed E-state index contributed by atoms with van der Waals surface area (Å²) in [5, 5.41) is 2.50. The number of hydroxylamine groups is 1. The molecule has 0 atom stereocenters. The van der Waals surface area contributed by atoms with Crippen LogP contribution in [0.2, 0.25) is 0 Å². The Morgan fingerprint density at radius 2 is 1.75 bits per heavy atom. The van der Waals surface area contributed by atoms with Gasteiger partial charge in [-0.25, -0.2) is 12.8 Å². The second kappa shape index (κ2) is 8.91. The molecule has 28 heavy (non-hydrogen) atoms. The third-order valence-electron chi connectivity index (χ3n) is 3.83. The molecule has 0 aliphatic rings. The van der Waals surface area contributed by atoms with Crippen LogP contribution >= 0.6 is 0 Å². The zero-order valence-corrected chi connectivity index (χ0v) is 16.4. The lowest BCUT2D eigenvalue weighted by Gasteiger charge is -2.18. The van der Waals surface area contributed by atoms with E-state index in [1.165, 1.54) is 68.6 Å². The molecule has 150 valence electrons. The van der Waals surface area contributed by atoms with E-state index < -0.39 is 27.7 Å². The van der Waals surface area contributed by atoms with Gasteiger partial charge in [0.2, 0.25) is 5.91 Å². The zero-order valence-electron chi connectivity index (χ0n) is 15.5. The summed E-state index contributed by atoms with van der Waals surface area (Å²) in [5.41, 5.74) is 0.489. The van der Waals surface area contributed by atoms with Crippen LogP contribution in [0.25, 0.3) is 0 Å². The van der Waals surface area contributed by atoms with E-state index in [0.29, 0.717) is 4.47 Å². The summed E-state index contributed by atoms with van der Waals surface area (Å²) in [6.07, 6.45) is 0. The van der Waals surface area contributed by atoms with E-state index in [4.69, 9.17) is 0 Å². The first-order valence-corrected chi connectivity index (χ1v) is 9.53. The van der Waals surface area contributed by atoms with Gasteiger partial charge in [-0.2, -0.15) is 0 Å². The molecule has 2 aromatic carbocycles. The molecule has 2 aromatic rings. The minimum Gasteiger partial charge on any atom is -0.332 e. The fraction of sp³-hybridized carbons (Fsp3) is 0.222. The van der Waals surface area contributed by atoms with Crippen molar-refractivity contribution in [2.45, 2.75) is 4.90 Å². The van der Waals surface area contributed by atoms with Crippen molar-refractivity contribution in [1.82, 2.24) is 9.37 Å². The minimum atomic E-state index is -3.82. The lowest BCUT2D eigenvalue weighted by Crippen LogP contribution is -2.35. The fourth-order valence-corrected chi connectivity index (χ4v) is 3.26. The van der Waals surface area contributed by atoms with Crippen molar-refractivity contribution < 1.29 is 27.2 Å². The second-order valence-corrected chi connectivity index (χ2v) is 7.78. The van der Waals surface area contributed by atoms with Crippen LogP contribution in [-0.4, -0.2) is 57.4 Å². The van der Waals surface area contributed by atoms with Crippen molar-refractivity contribution in [1.29, 1.82) is 0 Å². The highest BCUT2D eigenvalue weighted by molar-refractivity contribution is 7.89. The van der Waals surface area contributed by atoms with Crippen molar-refractivity contribution in [3.8, 4) is 0 Å². The zero-order chi connectivity index (χ0) is 20.9. The Hall–Kier alpha value is -2.82. The average Bonchev–Trinajstić information content (AvgIpc) is 2.66. The van der Waals surface area contributed by atoms with E-state index >= 15 is 0 Å². The number of benzene rings is 2. The van der Waals surface area contributed by atoms with Crippen LogP contribution in [0.3, 0.4) is 0 Å². The highest BCUT2D eigenvalue weighted by Crippen LogP contribution is 2.16. The van der Waals surface area contributed by atoms with Gasteiger partial charge in [0.25, 0.3) is 15.9 Å². The number of amides is 2. The number of nitrogens with zero attached hydrogens (tertiary/aromatic N) is 2. The number of likely N-dealkylation sites (N-methyl/N-ethyl adjacent to an activating group) is 1. The first-order valence-electron chi connectivity index (χ1n) is 8.09. The third kappa shape index (κ3) is 5.12. The molecular formula is C18H20FN3O5S. The van der Waals surface area contributed by atoms with Crippen molar-refractivity contribution in [2.75, 3.05) is 33.1 Å². The van der Waals surface area contributed by atoms with Gasteiger partial charge in [0.15, 0.2) is 0 Å².